The normalized spacial score (nSPS) is 27.0. The van der Waals surface area contributed by atoms with Gasteiger partial charge in [0, 0.05) is 19.1 Å². The molecule has 6 nitrogen and oxygen atoms in total. The molecule has 1 N–H and O–H groups in total. The van der Waals surface area contributed by atoms with Crippen LogP contribution in [-0.4, -0.2) is 67.2 Å². The van der Waals surface area contributed by atoms with E-state index in [2.05, 4.69) is 10.2 Å². The van der Waals surface area contributed by atoms with Gasteiger partial charge in [-0.25, -0.2) is 4.79 Å². The maximum absolute atomic E-state index is 12.1. The van der Waals surface area contributed by atoms with Crippen LogP contribution >= 0.6 is 0 Å². The Morgan fingerprint density at radius 2 is 1.96 bits per heavy atom. The SMILES string of the molecule is O=C(CN1CCOC1=O)NC1CCCN(CC2CCCCC2)C1. The molecule has 1 aliphatic carbocycles. The predicted molar refractivity (Wildman–Crippen MR) is 87.1 cm³/mol. The Bertz CT molecular complexity index is 423. The Labute approximate surface area is 138 Å². The maximum Gasteiger partial charge on any atom is 0.410 e. The highest BCUT2D eigenvalue weighted by Crippen LogP contribution is 2.25. The second kappa shape index (κ2) is 7.99. The van der Waals surface area contributed by atoms with Gasteiger partial charge in [-0.15, -0.1) is 0 Å². The Morgan fingerprint density at radius 1 is 1.13 bits per heavy atom. The van der Waals surface area contributed by atoms with Gasteiger partial charge >= 0.3 is 6.09 Å². The number of likely N-dealkylation sites (tertiary alicyclic amines) is 1. The van der Waals surface area contributed by atoms with Gasteiger partial charge in [0.25, 0.3) is 0 Å². The number of rotatable bonds is 5. The van der Waals surface area contributed by atoms with Crippen molar-refractivity contribution >= 4 is 12.0 Å². The molecule has 0 aromatic heterocycles. The minimum absolute atomic E-state index is 0.0617. The van der Waals surface area contributed by atoms with E-state index < -0.39 is 0 Å². The Hall–Kier alpha value is -1.30. The zero-order chi connectivity index (χ0) is 16.1. The summed E-state index contributed by atoms with van der Waals surface area (Å²) in [6.07, 6.45) is 8.70. The minimum atomic E-state index is -0.372. The quantitative estimate of drug-likeness (QED) is 0.835. The number of piperidine rings is 1. The molecule has 6 heteroatoms. The van der Waals surface area contributed by atoms with Crippen LogP contribution in [0, 0.1) is 5.92 Å². The van der Waals surface area contributed by atoms with Crippen LogP contribution in [-0.2, 0) is 9.53 Å². The summed E-state index contributed by atoms with van der Waals surface area (Å²) in [6, 6.07) is 0.221. The monoisotopic (exact) mass is 323 g/mol. The van der Waals surface area contributed by atoms with Crippen LogP contribution in [0.1, 0.15) is 44.9 Å². The fourth-order valence-electron chi connectivity index (χ4n) is 4.09. The molecule has 1 atom stereocenters. The van der Waals surface area contributed by atoms with Crippen LogP contribution in [0.25, 0.3) is 0 Å². The lowest BCUT2D eigenvalue weighted by molar-refractivity contribution is -0.122. The highest BCUT2D eigenvalue weighted by molar-refractivity contribution is 5.83. The van der Waals surface area contributed by atoms with E-state index in [9.17, 15) is 9.59 Å². The molecule has 2 aliphatic heterocycles. The lowest BCUT2D eigenvalue weighted by Crippen LogP contribution is -2.51. The van der Waals surface area contributed by atoms with Crippen LogP contribution in [0.3, 0.4) is 0 Å². The van der Waals surface area contributed by atoms with Crippen LogP contribution < -0.4 is 5.32 Å². The molecular weight excluding hydrogens is 294 g/mol. The molecule has 2 amide bonds. The van der Waals surface area contributed by atoms with Crippen molar-refractivity contribution in [3.63, 3.8) is 0 Å². The number of carbonyl (C=O) groups excluding carboxylic acids is 2. The molecule has 3 fully saturated rings. The standard InChI is InChI=1S/C17H29N3O3/c21-16(13-20-9-10-23-17(20)22)18-15-7-4-8-19(12-15)11-14-5-2-1-3-6-14/h14-15H,1-13H2,(H,18,21). The van der Waals surface area contributed by atoms with Gasteiger partial charge in [-0.05, 0) is 38.1 Å². The molecule has 0 aromatic rings. The zero-order valence-electron chi connectivity index (χ0n) is 14.0. The van der Waals surface area contributed by atoms with Gasteiger partial charge in [0.05, 0.1) is 6.54 Å². The second-order valence-corrected chi connectivity index (χ2v) is 7.21. The van der Waals surface area contributed by atoms with Crippen molar-refractivity contribution in [3.05, 3.63) is 0 Å². The number of cyclic esters (lactones) is 1. The molecule has 0 radical (unpaired) electrons. The average molecular weight is 323 g/mol. The fourth-order valence-corrected chi connectivity index (χ4v) is 4.09. The number of nitrogens with zero attached hydrogens (tertiary/aromatic N) is 2. The first-order valence-electron chi connectivity index (χ1n) is 9.14. The minimum Gasteiger partial charge on any atom is -0.448 e. The van der Waals surface area contributed by atoms with Gasteiger partial charge in [-0.1, -0.05) is 19.3 Å². The van der Waals surface area contributed by atoms with Crippen molar-refractivity contribution in [1.29, 1.82) is 0 Å². The van der Waals surface area contributed by atoms with E-state index >= 15 is 0 Å². The van der Waals surface area contributed by atoms with Gasteiger partial charge in [-0.3, -0.25) is 9.69 Å². The van der Waals surface area contributed by atoms with Crippen molar-refractivity contribution in [1.82, 2.24) is 15.1 Å². The van der Waals surface area contributed by atoms with E-state index in [-0.39, 0.29) is 24.6 Å². The number of ether oxygens (including phenoxy) is 1. The number of carbonyl (C=O) groups is 2. The Kier molecular flexibility index (Phi) is 5.75. The van der Waals surface area contributed by atoms with Gasteiger partial charge in [0.1, 0.15) is 13.2 Å². The van der Waals surface area contributed by atoms with E-state index in [1.165, 1.54) is 43.5 Å². The molecule has 0 aromatic carbocycles. The Balaban J connectivity index is 1.40. The molecule has 1 saturated carbocycles. The lowest BCUT2D eigenvalue weighted by atomic mass is 9.88. The first-order valence-corrected chi connectivity index (χ1v) is 9.14. The molecule has 0 spiro atoms. The third-order valence-corrected chi connectivity index (χ3v) is 5.29. The van der Waals surface area contributed by atoms with E-state index in [1.54, 1.807) is 0 Å². The average Bonchev–Trinajstić information content (AvgIpc) is 2.93. The molecule has 3 aliphatic rings. The number of hydrogen-bond donors (Lipinski definition) is 1. The summed E-state index contributed by atoms with van der Waals surface area (Å²) in [5, 5.41) is 3.10. The molecule has 2 heterocycles. The van der Waals surface area contributed by atoms with Gasteiger partial charge in [0.15, 0.2) is 0 Å². The predicted octanol–water partition coefficient (Wildman–Crippen LogP) is 1.60. The molecule has 0 bridgehead atoms. The fraction of sp³-hybridized carbons (Fsp3) is 0.882. The molecule has 1 unspecified atom stereocenters. The van der Waals surface area contributed by atoms with Crippen LogP contribution in [0.2, 0.25) is 0 Å². The first-order chi connectivity index (χ1) is 11.2. The molecule has 23 heavy (non-hydrogen) atoms. The molecule has 130 valence electrons. The molecule has 2 saturated heterocycles. The summed E-state index contributed by atoms with van der Waals surface area (Å²) >= 11 is 0. The van der Waals surface area contributed by atoms with Crippen molar-refractivity contribution in [3.8, 4) is 0 Å². The summed E-state index contributed by atoms with van der Waals surface area (Å²) in [5.41, 5.74) is 0. The van der Waals surface area contributed by atoms with Crippen molar-refractivity contribution in [2.24, 2.45) is 5.92 Å². The highest BCUT2D eigenvalue weighted by atomic mass is 16.6. The third kappa shape index (κ3) is 4.83. The third-order valence-electron chi connectivity index (χ3n) is 5.29. The molecular formula is C17H29N3O3. The summed E-state index contributed by atoms with van der Waals surface area (Å²) in [7, 11) is 0. The van der Waals surface area contributed by atoms with E-state index in [0.717, 1.165) is 31.8 Å². The summed E-state index contributed by atoms with van der Waals surface area (Å²) < 4.78 is 4.86. The first kappa shape index (κ1) is 16.6. The van der Waals surface area contributed by atoms with Gasteiger partial charge in [0.2, 0.25) is 5.91 Å². The topological polar surface area (TPSA) is 61.9 Å². The largest absolute Gasteiger partial charge is 0.448 e. The van der Waals surface area contributed by atoms with Crippen molar-refractivity contribution in [2.75, 3.05) is 39.3 Å². The van der Waals surface area contributed by atoms with Gasteiger partial charge in [-0.2, -0.15) is 0 Å². The maximum atomic E-state index is 12.1. The lowest BCUT2D eigenvalue weighted by Gasteiger charge is -2.36. The van der Waals surface area contributed by atoms with Gasteiger partial charge < -0.3 is 15.0 Å². The second-order valence-electron chi connectivity index (χ2n) is 7.21. The molecule has 3 rings (SSSR count). The summed E-state index contributed by atoms with van der Waals surface area (Å²) in [6.45, 7) is 4.33. The van der Waals surface area contributed by atoms with Crippen molar-refractivity contribution in [2.45, 2.75) is 51.0 Å². The van der Waals surface area contributed by atoms with Crippen molar-refractivity contribution < 1.29 is 14.3 Å². The summed E-state index contributed by atoms with van der Waals surface area (Å²) in [4.78, 5) is 27.5. The van der Waals surface area contributed by atoms with E-state index in [1.807, 2.05) is 0 Å². The summed E-state index contributed by atoms with van der Waals surface area (Å²) in [5.74, 6) is 0.783. The van der Waals surface area contributed by atoms with Crippen LogP contribution in [0.5, 0.6) is 0 Å². The van der Waals surface area contributed by atoms with E-state index in [4.69, 9.17) is 4.74 Å². The number of hydrogen-bond acceptors (Lipinski definition) is 4. The number of nitrogens with one attached hydrogen (secondary N) is 1. The zero-order valence-corrected chi connectivity index (χ0v) is 14.0. The van der Waals surface area contributed by atoms with Crippen LogP contribution in [0.4, 0.5) is 4.79 Å². The van der Waals surface area contributed by atoms with E-state index in [0.29, 0.717) is 13.2 Å². The van der Waals surface area contributed by atoms with Crippen LogP contribution in [0.15, 0.2) is 0 Å². The smallest absolute Gasteiger partial charge is 0.410 e. The Morgan fingerprint density at radius 3 is 2.70 bits per heavy atom. The number of amides is 2. The highest BCUT2D eigenvalue weighted by Gasteiger charge is 2.27.